The summed E-state index contributed by atoms with van der Waals surface area (Å²) in [6.45, 7) is 2.87. The number of carbonyl (C=O) groups is 1. The molecule has 0 saturated heterocycles. The summed E-state index contributed by atoms with van der Waals surface area (Å²) in [6, 6.07) is 2.48. The van der Waals surface area contributed by atoms with Crippen LogP contribution in [0.3, 0.4) is 0 Å². The topological polar surface area (TPSA) is 82.2 Å². The van der Waals surface area contributed by atoms with Crippen molar-refractivity contribution in [3.63, 3.8) is 0 Å². The average molecular weight is 334 g/mol. The van der Waals surface area contributed by atoms with Gasteiger partial charge >= 0.3 is 6.03 Å². The van der Waals surface area contributed by atoms with Crippen LogP contribution in [-0.4, -0.2) is 48.7 Å². The molecule has 0 radical (unpaired) electrons. The van der Waals surface area contributed by atoms with Crippen molar-refractivity contribution in [3.05, 3.63) is 12.3 Å². The molecule has 7 nitrogen and oxygen atoms in total. The van der Waals surface area contributed by atoms with Crippen molar-refractivity contribution in [1.29, 1.82) is 0 Å². The van der Waals surface area contributed by atoms with Crippen molar-refractivity contribution in [1.82, 2.24) is 20.6 Å². The number of anilines is 2. The van der Waals surface area contributed by atoms with E-state index in [4.69, 9.17) is 0 Å². The average Bonchev–Trinajstić information content (AvgIpc) is 2.57. The van der Waals surface area contributed by atoms with Gasteiger partial charge in [0.15, 0.2) is 0 Å². The third kappa shape index (κ3) is 5.86. The van der Waals surface area contributed by atoms with Crippen LogP contribution in [0.4, 0.5) is 16.6 Å². The Morgan fingerprint density at radius 3 is 2.62 bits per heavy atom. The number of unbranched alkanes of at least 4 members (excludes halogenated alkanes) is 1. The van der Waals surface area contributed by atoms with Gasteiger partial charge in [0.1, 0.15) is 5.82 Å². The number of aromatic nitrogens is 2. The molecule has 0 bridgehead atoms. The summed E-state index contributed by atoms with van der Waals surface area (Å²) >= 11 is 0. The molecule has 1 aromatic rings. The van der Waals surface area contributed by atoms with E-state index in [1.165, 1.54) is 0 Å². The van der Waals surface area contributed by atoms with E-state index in [-0.39, 0.29) is 12.1 Å². The van der Waals surface area contributed by atoms with Crippen LogP contribution in [0.1, 0.15) is 45.4 Å². The molecule has 2 amide bonds. The van der Waals surface area contributed by atoms with Gasteiger partial charge in [-0.15, -0.1) is 0 Å². The van der Waals surface area contributed by atoms with E-state index in [1.54, 1.807) is 6.20 Å². The van der Waals surface area contributed by atoms with Crippen molar-refractivity contribution in [3.8, 4) is 0 Å². The summed E-state index contributed by atoms with van der Waals surface area (Å²) in [4.78, 5) is 22.6. The lowest BCUT2D eigenvalue weighted by atomic mass is 9.91. The molecule has 0 aromatic carbocycles. The Balaban J connectivity index is 1.73. The van der Waals surface area contributed by atoms with Gasteiger partial charge in [-0.05, 0) is 38.2 Å². The number of carbonyl (C=O) groups excluding carboxylic acids is 1. The minimum atomic E-state index is -0.0399. The zero-order valence-electron chi connectivity index (χ0n) is 15.0. The Hall–Kier alpha value is -2.05. The largest absolute Gasteiger partial charge is 0.363 e. The van der Waals surface area contributed by atoms with Crippen LogP contribution >= 0.6 is 0 Å². The molecule has 1 fully saturated rings. The SMILES string of the molecule is CCCCNC(=O)N[C@H]1CC[C@@H](Nc2nccc(N(C)C)n2)CC1. The van der Waals surface area contributed by atoms with Crippen LogP contribution in [0.2, 0.25) is 0 Å². The fraction of sp³-hybridized carbons (Fsp3) is 0.706. The van der Waals surface area contributed by atoms with Crippen LogP contribution in [0.25, 0.3) is 0 Å². The van der Waals surface area contributed by atoms with Crippen molar-refractivity contribution in [2.24, 2.45) is 0 Å². The van der Waals surface area contributed by atoms with E-state index in [2.05, 4.69) is 32.8 Å². The number of hydrogen-bond donors (Lipinski definition) is 3. The zero-order chi connectivity index (χ0) is 17.4. The Morgan fingerprint density at radius 1 is 1.25 bits per heavy atom. The van der Waals surface area contributed by atoms with Gasteiger partial charge in [-0.1, -0.05) is 13.3 Å². The first kappa shape index (κ1) is 18.3. The van der Waals surface area contributed by atoms with Crippen LogP contribution in [0.15, 0.2) is 12.3 Å². The highest BCUT2D eigenvalue weighted by molar-refractivity contribution is 5.74. The number of amides is 2. The molecule has 0 aliphatic heterocycles. The monoisotopic (exact) mass is 334 g/mol. The molecule has 1 aliphatic carbocycles. The second-order valence-corrected chi connectivity index (χ2v) is 6.58. The molecule has 24 heavy (non-hydrogen) atoms. The molecule has 1 aliphatic rings. The first-order valence-corrected chi connectivity index (χ1v) is 8.89. The molecule has 0 atom stereocenters. The lowest BCUT2D eigenvalue weighted by molar-refractivity contribution is 0.231. The molecule has 0 unspecified atom stereocenters. The number of nitrogens with zero attached hydrogens (tertiary/aromatic N) is 3. The van der Waals surface area contributed by atoms with Crippen LogP contribution in [-0.2, 0) is 0 Å². The van der Waals surface area contributed by atoms with Gasteiger partial charge in [0.25, 0.3) is 0 Å². The first-order chi connectivity index (χ1) is 11.6. The third-order valence-electron chi connectivity index (χ3n) is 4.31. The highest BCUT2D eigenvalue weighted by Gasteiger charge is 2.22. The Kier molecular flexibility index (Phi) is 7.08. The predicted octanol–water partition coefficient (Wildman–Crippen LogP) is 2.36. The van der Waals surface area contributed by atoms with E-state index < -0.39 is 0 Å². The summed E-state index contributed by atoms with van der Waals surface area (Å²) in [5.74, 6) is 1.57. The molecule has 7 heteroatoms. The van der Waals surface area contributed by atoms with Crippen molar-refractivity contribution in [2.75, 3.05) is 30.9 Å². The minimum absolute atomic E-state index is 0.0399. The van der Waals surface area contributed by atoms with E-state index in [9.17, 15) is 4.79 Å². The van der Waals surface area contributed by atoms with Gasteiger partial charge in [-0.3, -0.25) is 0 Å². The molecule has 1 aromatic heterocycles. The number of nitrogens with one attached hydrogen (secondary N) is 3. The van der Waals surface area contributed by atoms with Gasteiger partial charge in [0.2, 0.25) is 5.95 Å². The smallest absolute Gasteiger partial charge is 0.315 e. The van der Waals surface area contributed by atoms with Gasteiger partial charge in [-0.2, -0.15) is 4.98 Å². The van der Waals surface area contributed by atoms with Crippen molar-refractivity contribution < 1.29 is 4.79 Å². The second kappa shape index (κ2) is 9.30. The minimum Gasteiger partial charge on any atom is -0.363 e. The molecule has 0 spiro atoms. The lowest BCUT2D eigenvalue weighted by Crippen LogP contribution is -2.45. The van der Waals surface area contributed by atoms with E-state index in [1.807, 2.05) is 25.1 Å². The summed E-state index contributed by atoms with van der Waals surface area (Å²) in [6.07, 6.45) is 7.87. The number of hydrogen-bond acceptors (Lipinski definition) is 5. The molecular formula is C17H30N6O. The highest BCUT2D eigenvalue weighted by atomic mass is 16.2. The Morgan fingerprint density at radius 2 is 1.96 bits per heavy atom. The van der Waals surface area contributed by atoms with Crippen LogP contribution < -0.4 is 20.9 Å². The molecule has 1 heterocycles. The summed E-state index contributed by atoms with van der Waals surface area (Å²) in [5, 5.41) is 9.39. The second-order valence-electron chi connectivity index (χ2n) is 6.58. The molecule has 2 rings (SSSR count). The first-order valence-electron chi connectivity index (χ1n) is 8.89. The summed E-state index contributed by atoms with van der Waals surface area (Å²) < 4.78 is 0. The highest BCUT2D eigenvalue weighted by Crippen LogP contribution is 2.21. The van der Waals surface area contributed by atoms with E-state index in [0.29, 0.717) is 12.0 Å². The molecule has 1 saturated carbocycles. The third-order valence-corrected chi connectivity index (χ3v) is 4.31. The predicted molar refractivity (Wildman–Crippen MR) is 97.5 cm³/mol. The van der Waals surface area contributed by atoms with Gasteiger partial charge in [0.05, 0.1) is 0 Å². The van der Waals surface area contributed by atoms with Gasteiger partial charge < -0.3 is 20.9 Å². The maximum Gasteiger partial charge on any atom is 0.315 e. The fourth-order valence-electron chi connectivity index (χ4n) is 2.85. The Labute approximate surface area is 144 Å². The van der Waals surface area contributed by atoms with Crippen molar-refractivity contribution >= 4 is 17.8 Å². The van der Waals surface area contributed by atoms with E-state index in [0.717, 1.165) is 50.9 Å². The normalized spacial score (nSPS) is 20.3. The van der Waals surface area contributed by atoms with Crippen molar-refractivity contribution in [2.45, 2.75) is 57.5 Å². The summed E-state index contributed by atoms with van der Waals surface area (Å²) in [5.41, 5.74) is 0. The molecular weight excluding hydrogens is 304 g/mol. The zero-order valence-corrected chi connectivity index (χ0v) is 15.0. The number of urea groups is 1. The summed E-state index contributed by atoms with van der Waals surface area (Å²) in [7, 11) is 3.93. The van der Waals surface area contributed by atoms with Crippen LogP contribution in [0, 0.1) is 0 Å². The fourth-order valence-corrected chi connectivity index (χ4v) is 2.85. The van der Waals surface area contributed by atoms with Gasteiger partial charge in [0, 0.05) is 38.9 Å². The van der Waals surface area contributed by atoms with Gasteiger partial charge in [-0.25, -0.2) is 9.78 Å². The lowest BCUT2D eigenvalue weighted by Gasteiger charge is -2.29. The Bertz CT molecular complexity index is 514. The quantitative estimate of drug-likeness (QED) is 0.667. The standard InChI is InChI=1S/C17H30N6O/c1-4-5-11-19-17(24)21-14-8-6-13(7-9-14)20-16-18-12-10-15(22-16)23(2)3/h10,12-14H,4-9,11H2,1-3H3,(H,18,20,22)(H2,19,21,24)/t13-,14+. The number of rotatable bonds is 7. The molecule has 134 valence electrons. The maximum absolute atomic E-state index is 11.8. The molecule has 3 N–H and O–H groups in total. The maximum atomic E-state index is 11.8. The van der Waals surface area contributed by atoms with Crippen LogP contribution in [0.5, 0.6) is 0 Å². The van der Waals surface area contributed by atoms with E-state index >= 15 is 0 Å².